The molecule has 0 radical (unpaired) electrons. The molecular formula is C12H20N4O. The van der Waals surface area contributed by atoms with Gasteiger partial charge in [-0.2, -0.15) is 0 Å². The number of nitrogens with zero attached hydrogens (tertiary/aromatic N) is 2. The van der Waals surface area contributed by atoms with Crippen LogP contribution in [0.15, 0.2) is 12.4 Å². The van der Waals surface area contributed by atoms with E-state index in [9.17, 15) is 4.79 Å². The number of hydrogen-bond acceptors (Lipinski definition) is 4. The summed E-state index contributed by atoms with van der Waals surface area (Å²) in [5, 5.41) is 2.84. The molecule has 0 saturated heterocycles. The van der Waals surface area contributed by atoms with Crippen LogP contribution in [-0.4, -0.2) is 22.4 Å². The zero-order chi connectivity index (χ0) is 13.1. The van der Waals surface area contributed by atoms with Crippen molar-refractivity contribution >= 4 is 11.7 Å². The van der Waals surface area contributed by atoms with Crippen LogP contribution in [0, 0.1) is 11.3 Å². The molecule has 5 heteroatoms. The highest BCUT2D eigenvalue weighted by Gasteiger charge is 2.20. The van der Waals surface area contributed by atoms with Crippen LogP contribution in [0.2, 0.25) is 0 Å². The van der Waals surface area contributed by atoms with Crippen molar-refractivity contribution in [3.63, 3.8) is 0 Å². The second-order valence-corrected chi connectivity index (χ2v) is 5.30. The molecule has 1 amide bonds. The molecule has 1 heterocycles. The topological polar surface area (TPSA) is 80.9 Å². The molecule has 0 aliphatic heterocycles. The Bertz CT molecular complexity index is 380. The maximum absolute atomic E-state index is 11.7. The van der Waals surface area contributed by atoms with Crippen LogP contribution < -0.4 is 11.1 Å². The number of rotatable bonds is 3. The molecule has 3 N–H and O–H groups in total. The first-order chi connectivity index (χ1) is 7.80. The molecule has 0 aliphatic rings. The van der Waals surface area contributed by atoms with E-state index in [-0.39, 0.29) is 11.3 Å². The second kappa shape index (κ2) is 5.12. The summed E-state index contributed by atoms with van der Waals surface area (Å²) in [6.45, 7) is 9.16. The molecule has 0 aromatic carbocycles. The predicted molar refractivity (Wildman–Crippen MR) is 67.4 cm³/mol. The fourth-order valence-electron chi connectivity index (χ4n) is 1.10. The fourth-order valence-corrected chi connectivity index (χ4v) is 1.10. The zero-order valence-electron chi connectivity index (χ0n) is 10.8. The van der Waals surface area contributed by atoms with Gasteiger partial charge in [0.1, 0.15) is 11.5 Å². The lowest BCUT2D eigenvalue weighted by Gasteiger charge is -2.27. The van der Waals surface area contributed by atoms with E-state index in [1.807, 2.05) is 0 Å². The van der Waals surface area contributed by atoms with E-state index >= 15 is 0 Å². The Morgan fingerprint density at radius 1 is 1.41 bits per heavy atom. The van der Waals surface area contributed by atoms with Gasteiger partial charge in [0.25, 0.3) is 5.91 Å². The summed E-state index contributed by atoms with van der Waals surface area (Å²) in [4.78, 5) is 19.5. The zero-order valence-corrected chi connectivity index (χ0v) is 10.8. The summed E-state index contributed by atoms with van der Waals surface area (Å²) in [6.07, 6.45) is 2.76. The lowest BCUT2D eigenvalue weighted by Crippen LogP contribution is -2.34. The standard InChI is InChI=1S/C12H20N4O/c1-8(12(2,3)4)5-16-11(17)9-6-15-10(13)7-14-9/h6-8H,5H2,1-4H3,(H2,13,15)(H,16,17). The van der Waals surface area contributed by atoms with E-state index in [1.165, 1.54) is 12.4 Å². The molecule has 1 aromatic heterocycles. The highest BCUT2D eigenvalue weighted by molar-refractivity contribution is 5.91. The third kappa shape index (κ3) is 4.01. The van der Waals surface area contributed by atoms with Crippen LogP contribution in [0.5, 0.6) is 0 Å². The molecule has 1 atom stereocenters. The third-order valence-corrected chi connectivity index (χ3v) is 2.95. The summed E-state index contributed by atoms with van der Waals surface area (Å²) < 4.78 is 0. The Morgan fingerprint density at radius 2 is 2.06 bits per heavy atom. The molecule has 94 valence electrons. The van der Waals surface area contributed by atoms with E-state index in [4.69, 9.17) is 5.73 Å². The Kier molecular flexibility index (Phi) is 4.04. The van der Waals surface area contributed by atoms with E-state index in [0.717, 1.165) is 0 Å². The number of carbonyl (C=O) groups excluding carboxylic acids is 1. The van der Waals surface area contributed by atoms with Crippen molar-refractivity contribution in [3.8, 4) is 0 Å². The van der Waals surface area contributed by atoms with Gasteiger partial charge < -0.3 is 11.1 Å². The van der Waals surface area contributed by atoms with Crippen molar-refractivity contribution in [3.05, 3.63) is 18.1 Å². The third-order valence-electron chi connectivity index (χ3n) is 2.95. The number of nitrogens with one attached hydrogen (secondary N) is 1. The van der Waals surface area contributed by atoms with E-state index < -0.39 is 0 Å². The van der Waals surface area contributed by atoms with Gasteiger partial charge in [0.05, 0.1) is 12.4 Å². The van der Waals surface area contributed by atoms with Gasteiger partial charge in [-0.1, -0.05) is 27.7 Å². The van der Waals surface area contributed by atoms with E-state index in [2.05, 4.69) is 43.0 Å². The molecule has 0 saturated carbocycles. The number of aromatic nitrogens is 2. The first-order valence-electron chi connectivity index (χ1n) is 5.66. The first-order valence-corrected chi connectivity index (χ1v) is 5.66. The highest BCUT2D eigenvalue weighted by atomic mass is 16.1. The average Bonchev–Trinajstić information content (AvgIpc) is 2.25. The van der Waals surface area contributed by atoms with Gasteiger partial charge >= 0.3 is 0 Å². The van der Waals surface area contributed by atoms with E-state index in [1.54, 1.807) is 0 Å². The molecule has 0 aliphatic carbocycles. The van der Waals surface area contributed by atoms with Gasteiger partial charge in [0.2, 0.25) is 0 Å². The fraction of sp³-hybridized carbons (Fsp3) is 0.583. The van der Waals surface area contributed by atoms with Gasteiger partial charge in [0, 0.05) is 6.54 Å². The lowest BCUT2D eigenvalue weighted by atomic mass is 9.82. The van der Waals surface area contributed by atoms with Crippen LogP contribution in [-0.2, 0) is 0 Å². The minimum atomic E-state index is -0.214. The largest absolute Gasteiger partial charge is 0.382 e. The van der Waals surface area contributed by atoms with Gasteiger partial charge in [0.15, 0.2) is 0 Å². The molecule has 0 bridgehead atoms. The van der Waals surface area contributed by atoms with E-state index in [0.29, 0.717) is 24.0 Å². The molecule has 5 nitrogen and oxygen atoms in total. The summed E-state index contributed by atoms with van der Waals surface area (Å²) in [7, 11) is 0. The molecule has 0 fully saturated rings. The normalized spacial score (nSPS) is 13.2. The molecule has 1 rings (SSSR count). The molecular weight excluding hydrogens is 216 g/mol. The second-order valence-electron chi connectivity index (χ2n) is 5.30. The summed E-state index contributed by atoms with van der Waals surface area (Å²) in [5.41, 5.74) is 5.86. The Balaban J connectivity index is 2.53. The van der Waals surface area contributed by atoms with Gasteiger partial charge in [-0.25, -0.2) is 9.97 Å². The van der Waals surface area contributed by atoms with Crippen molar-refractivity contribution in [2.75, 3.05) is 12.3 Å². The predicted octanol–water partition coefficient (Wildman–Crippen LogP) is 1.47. The molecule has 17 heavy (non-hydrogen) atoms. The van der Waals surface area contributed by atoms with Gasteiger partial charge in [-0.3, -0.25) is 4.79 Å². The van der Waals surface area contributed by atoms with Crippen molar-refractivity contribution in [1.29, 1.82) is 0 Å². The number of nitrogens with two attached hydrogens (primary N) is 1. The number of carbonyl (C=O) groups is 1. The first kappa shape index (κ1) is 13.4. The van der Waals surface area contributed by atoms with Gasteiger partial charge in [-0.05, 0) is 11.3 Å². The quantitative estimate of drug-likeness (QED) is 0.832. The van der Waals surface area contributed by atoms with Crippen LogP contribution in [0.1, 0.15) is 38.2 Å². The maximum Gasteiger partial charge on any atom is 0.271 e. The van der Waals surface area contributed by atoms with Crippen molar-refractivity contribution < 1.29 is 4.79 Å². The number of anilines is 1. The monoisotopic (exact) mass is 236 g/mol. The summed E-state index contributed by atoms with van der Waals surface area (Å²) >= 11 is 0. The van der Waals surface area contributed by atoms with Gasteiger partial charge in [-0.15, -0.1) is 0 Å². The number of nitrogen functional groups attached to an aromatic ring is 1. The SMILES string of the molecule is CC(CNC(=O)c1cnc(N)cn1)C(C)(C)C. The highest BCUT2D eigenvalue weighted by Crippen LogP contribution is 2.24. The molecule has 1 unspecified atom stereocenters. The van der Waals surface area contributed by atoms with Crippen LogP contribution in [0.3, 0.4) is 0 Å². The lowest BCUT2D eigenvalue weighted by molar-refractivity contribution is 0.0931. The summed E-state index contributed by atoms with van der Waals surface area (Å²) in [5.74, 6) is 0.478. The smallest absolute Gasteiger partial charge is 0.271 e. The number of hydrogen-bond donors (Lipinski definition) is 2. The Labute approximate surface area is 102 Å². The van der Waals surface area contributed by atoms with Crippen molar-refractivity contribution in [2.24, 2.45) is 11.3 Å². The van der Waals surface area contributed by atoms with Crippen LogP contribution in [0.25, 0.3) is 0 Å². The van der Waals surface area contributed by atoms with Crippen LogP contribution in [0.4, 0.5) is 5.82 Å². The number of amides is 1. The molecule has 1 aromatic rings. The average molecular weight is 236 g/mol. The Morgan fingerprint density at radius 3 is 2.53 bits per heavy atom. The molecule has 0 spiro atoms. The minimum absolute atomic E-state index is 0.167. The maximum atomic E-state index is 11.7. The van der Waals surface area contributed by atoms with Crippen molar-refractivity contribution in [1.82, 2.24) is 15.3 Å². The Hall–Kier alpha value is -1.65. The van der Waals surface area contributed by atoms with Crippen LogP contribution >= 0.6 is 0 Å². The van der Waals surface area contributed by atoms with Crippen molar-refractivity contribution in [2.45, 2.75) is 27.7 Å². The minimum Gasteiger partial charge on any atom is -0.382 e. The summed E-state index contributed by atoms with van der Waals surface area (Å²) in [6, 6.07) is 0.